The third-order valence-electron chi connectivity index (χ3n) is 2.04. The quantitative estimate of drug-likeness (QED) is 0.768. The van der Waals surface area contributed by atoms with Gasteiger partial charge in [-0.05, 0) is 58.0 Å². The summed E-state index contributed by atoms with van der Waals surface area (Å²) in [5, 5.41) is 0. The van der Waals surface area contributed by atoms with Gasteiger partial charge in [0.15, 0.2) is 0 Å². The fourth-order valence-electron chi connectivity index (χ4n) is 1.24. The molecule has 1 nitrogen and oxygen atoms in total. The number of hydrogen-bond acceptors (Lipinski definition) is 1. The van der Waals surface area contributed by atoms with Crippen LogP contribution in [0.5, 0.6) is 0 Å². The normalized spacial score (nSPS) is 10.7. The maximum atomic E-state index is 3.98. The number of benzene rings is 1. The van der Waals surface area contributed by atoms with Crippen molar-refractivity contribution in [2.45, 2.75) is 0 Å². The lowest BCUT2D eigenvalue weighted by molar-refractivity contribution is 1.32. The van der Waals surface area contributed by atoms with Crippen LogP contribution in [-0.2, 0) is 0 Å². The Morgan fingerprint density at radius 3 is 1.93 bits per heavy atom. The van der Waals surface area contributed by atoms with Crippen LogP contribution in [0.4, 0.5) is 0 Å². The second kappa shape index (κ2) is 5.07. The maximum Gasteiger partial charge on any atom is 0.0273 e. The molecular formula is C13H10IN. The van der Waals surface area contributed by atoms with Gasteiger partial charge in [-0.3, -0.25) is 4.98 Å². The van der Waals surface area contributed by atoms with Gasteiger partial charge in [-0.15, -0.1) is 0 Å². The van der Waals surface area contributed by atoms with Crippen LogP contribution in [0.25, 0.3) is 12.2 Å². The molecule has 2 rings (SSSR count). The minimum Gasteiger partial charge on any atom is -0.265 e. The lowest BCUT2D eigenvalue weighted by Crippen LogP contribution is -1.74. The first-order chi connectivity index (χ1) is 7.34. The Morgan fingerprint density at radius 2 is 1.33 bits per heavy atom. The van der Waals surface area contributed by atoms with Crippen LogP contribution in [0.15, 0.2) is 48.8 Å². The largest absolute Gasteiger partial charge is 0.265 e. The van der Waals surface area contributed by atoms with E-state index in [0.717, 1.165) is 0 Å². The summed E-state index contributed by atoms with van der Waals surface area (Å²) in [4.78, 5) is 3.98. The predicted octanol–water partition coefficient (Wildman–Crippen LogP) is 3.86. The third-order valence-corrected chi connectivity index (χ3v) is 2.76. The number of pyridine rings is 1. The van der Waals surface area contributed by atoms with Crippen LogP contribution < -0.4 is 0 Å². The van der Waals surface area contributed by atoms with Gasteiger partial charge >= 0.3 is 0 Å². The van der Waals surface area contributed by atoms with Crippen LogP contribution >= 0.6 is 22.6 Å². The Labute approximate surface area is 103 Å². The zero-order chi connectivity index (χ0) is 10.5. The average Bonchev–Trinajstić information content (AvgIpc) is 2.30. The molecule has 0 N–H and O–H groups in total. The highest BCUT2D eigenvalue weighted by molar-refractivity contribution is 14.1. The van der Waals surface area contributed by atoms with Gasteiger partial charge in [0.1, 0.15) is 0 Å². The summed E-state index contributed by atoms with van der Waals surface area (Å²) in [5.74, 6) is 0. The molecule has 0 fully saturated rings. The SMILES string of the molecule is Ic1ccc(C=Cc2ccncc2)cc1. The molecule has 2 heteroatoms. The number of nitrogens with zero attached hydrogens (tertiary/aromatic N) is 1. The second-order valence-electron chi connectivity index (χ2n) is 3.17. The average molecular weight is 307 g/mol. The summed E-state index contributed by atoms with van der Waals surface area (Å²) in [6.45, 7) is 0. The van der Waals surface area contributed by atoms with E-state index < -0.39 is 0 Å². The Hall–Kier alpha value is -1.16. The van der Waals surface area contributed by atoms with E-state index in [-0.39, 0.29) is 0 Å². The van der Waals surface area contributed by atoms with Gasteiger partial charge in [-0.2, -0.15) is 0 Å². The van der Waals surface area contributed by atoms with Gasteiger partial charge in [-0.25, -0.2) is 0 Å². The van der Waals surface area contributed by atoms with Crippen molar-refractivity contribution in [1.29, 1.82) is 0 Å². The van der Waals surface area contributed by atoms with Crippen LogP contribution in [0.1, 0.15) is 11.1 Å². The van der Waals surface area contributed by atoms with Crippen LogP contribution in [0.3, 0.4) is 0 Å². The molecule has 0 radical (unpaired) electrons. The molecule has 0 bridgehead atoms. The number of hydrogen-bond donors (Lipinski definition) is 0. The first-order valence-electron chi connectivity index (χ1n) is 4.68. The van der Waals surface area contributed by atoms with E-state index in [1.807, 2.05) is 12.1 Å². The molecule has 74 valence electrons. The summed E-state index contributed by atoms with van der Waals surface area (Å²) in [6.07, 6.45) is 7.79. The van der Waals surface area contributed by atoms with E-state index in [1.54, 1.807) is 12.4 Å². The molecule has 15 heavy (non-hydrogen) atoms. The number of halogens is 1. The van der Waals surface area contributed by atoms with Crippen molar-refractivity contribution in [2.24, 2.45) is 0 Å². The lowest BCUT2D eigenvalue weighted by Gasteiger charge is -1.94. The predicted molar refractivity (Wildman–Crippen MR) is 72.3 cm³/mol. The fraction of sp³-hybridized carbons (Fsp3) is 0. The van der Waals surface area contributed by atoms with Crippen LogP contribution in [-0.4, -0.2) is 4.98 Å². The van der Waals surface area contributed by atoms with Gasteiger partial charge in [0.25, 0.3) is 0 Å². The molecular weight excluding hydrogens is 297 g/mol. The number of aromatic nitrogens is 1. The van der Waals surface area contributed by atoms with Gasteiger partial charge in [0.05, 0.1) is 0 Å². The van der Waals surface area contributed by atoms with Gasteiger partial charge in [-0.1, -0.05) is 24.3 Å². The number of rotatable bonds is 2. The summed E-state index contributed by atoms with van der Waals surface area (Å²) >= 11 is 2.30. The second-order valence-corrected chi connectivity index (χ2v) is 4.41. The molecule has 0 aliphatic carbocycles. The van der Waals surface area contributed by atoms with Gasteiger partial charge in [0, 0.05) is 16.0 Å². The van der Waals surface area contributed by atoms with E-state index in [9.17, 15) is 0 Å². The standard InChI is InChI=1S/C13H10IN/c14-13-5-3-11(4-6-13)1-2-12-7-9-15-10-8-12/h1-10H. The van der Waals surface area contributed by atoms with E-state index in [0.29, 0.717) is 0 Å². The highest BCUT2D eigenvalue weighted by Gasteiger charge is 1.88. The summed E-state index contributed by atoms with van der Waals surface area (Å²) in [5.41, 5.74) is 2.38. The minimum atomic E-state index is 1.17. The van der Waals surface area contributed by atoms with Gasteiger partial charge in [0.2, 0.25) is 0 Å². The molecule has 2 aromatic rings. The molecule has 0 saturated carbocycles. The topological polar surface area (TPSA) is 12.9 Å². The molecule has 0 atom stereocenters. The first-order valence-corrected chi connectivity index (χ1v) is 5.76. The van der Waals surface area contributed by atoms with Crippen molar-refractivity contribution < 1.29 is 0 Å². The zero-order valence-corrected chi connectivity index (χ0v) is 10.3. The van der Waals surface area contributed by atoms with E-state index in [2.05, 4.69) is 64.0 Å². The summed E-state index contributed by atoms with van der Waals surface area (Å²) < 4.78 is 1.26. The Balaban J connectivity index is 2.15. The molecule has 0 aliphatic rings. The van der Waals surface area contributed by atoms with Crippen molar-refractivity contribution >= 4 is 34.7 Å². The molecule has 0 saturated heterocycles. The Kier molecular flexibility index (Phi) is 3.50. The molecule has 1 heterocycles. The minimum absolute atomic E-state index is 1.17. The molecule has 0 amide bonds. The highest BCUT2D eigenvalue weighted by atomic mass is 127. The van der Waals surface area contributed by atoms with Crippen LogP contribution in [0.2, 0.25) is 0 Å². The van der Waals surface area contributed by atoms with Crippen molar-refractivity contribution in [3.63, 3.8) is 0 Å². The lowest BCUT2D eigenvalue weighted by atomic mass is 10.2. The zero-order valence-electron chi connectivity index (χ0n) is 8.10. The maximum absolute atomic E-state index is 3.98. The molecule has 1 aromatic heterocycles. The summed E-state index contributed by atoms with van der Waals surface area (Å²) in [6, 6.07) is 12.4. The monoisotopic (exact) mass is 307 g/mol. The highest BCUT2D eigenvalue weighted by Crippen LogP contribution is 2.10. The summed E-state index contributed by atoms with van der Waals surface area (Å²) in [7, 11) is 0. The first kappa shape index (κ1) is 10.4. The van der Waals surface area contributed by atoms with Crippen LogP contribution in [0, 0.1) is 3.57 Å². The van der Waals surface area contributed by atoms with Gasteiger partial charge < -0.3 is 0 Å². The van der Waals surface area contributed by atoms with E-state index in [4.69, 9.17) is 0 Å². The Bertz CT molecular complexity index is 446. The Morgan fingerprint density at radius 1 is 0.800 bits per heavy atom. The van der Waals surface area contributed by atoms with Crippen molar-refractivity contribution in [3.05, 3.63) is 63.5 Å². The van der Waals surface area contributed by atoms with Crippen molar-refractivity contribution in [2.75, 3.05) is 0 Å². The third kappa shape index (κ3) is 3.16. The smallest absolute Gasteiger partial charge is 0.0273 e. The van der Waals surface area contributed by atoms with E-state index >= 15 is 0 Å². The van der Waals surface area contributed by atoms with E-state index in [1.165, 1.54) is 14.7 Å². The molecule has 1 aromatic carbocycles. The fourth-order valence-corrected chi connectivity index (χ4v) is 1.60. The molecule has 0 unspecified atom stereocenters. The molecule has 0 aliphatic heterocycles. The van der Waals surface area contributed by atoms with Crippen molar-refractivity contribution in [3.8, 4) is 0 Å². The van der Waals surface area contributed by atoms with Crippen molar-refractivity contribution in [1.82, 2.24) is 4.98 Å². The molecule has 0 spiro atoms.